The topological polar surface area (TPSA) is 24.1 Å². The van der Waals surface area contributed by atoms with Crippen LogP contribution in [0.1, 0.15) is 0 Å². The normalized spacial score (nSPS) is 15.4. The van der Waals surface area contributed by atoms with Crippen molar-refractivity contribution in [3.8, 4) is 0 Å². The van der Waals surface area contributed by atoms with Gasteiger partial charge < -0.3 is 5.32 Å². The molecule has 1 aromatic carbocycles. The Morgan fingerprint density at radius 3 is 3.27 bits per heavy atom. The Hall–Kier alpha value is -0.380. The summed E-state index contributed by atoms with van der Waals surface area (Å²) in [4.78, 5) is 1.20. The maximum Gasteiger partial charge on any atom is 0.0750 e. The van der Waals surface area contributed by atoms with E-state index < -0.39 is 0 Å². The molecule has 0 saturated heterocycles. The zero-order valence-electron chi connectivity index (χ0n) is 5.73. The van der Waals surface area contributed by atoms with Gasteiger partial charge in [0.25, 0.3) is 0 Å². The molecular formula is C7H7ClN2S. The van der Waals surface area contributed by atoms with Crippen LogP contribution in [-0.2, 0) is 0 Å². The monoisotopic (exact) mass is 186 g/mol. The summed E-state index contributed by atoms with van der Waals surface area (Å²) < 4.78 is 3.12. The summed E-state index contributed by atoms with van der Waals surface area (Å²) in [5.41, 5.74) is 1.11. The molecule has 4 heteroatoms. The van der Waals surface area contributed by atoms with Crippen LogP contribution in [0.15, 0.2) is 23.1 Å². The van der Waals surface area contributed by atoms with Gasteiger partial charge in [0.15, 0.2) is 0 Å². The minimum absolute atomic E-state index is 0.777. The van der Waals surface area contributed by atoms with E-state index in [-0.39, 0.29) is 0 Å². The third-order valence-electron chi connectivity index (χ3n) is 1.47. The first-order valence-corrected chi connectivity index (χ1v) is 4.49. The van der Waals surface area contributed by atoms with Crippen LogP contribution in [0.2, 0.25) is 5.02 Å². The number of hydrogen-bond donors (Lipinski definition) is 2. The van der Waals surface area contributed by atoms with Crippen molar-refractivity contribution in [2.45, 2.75) is 4.90 Å². The molecule has 0 spiro atoms. The summed E-state index contributed by atoms with van der Waals surface area (Å²) in [6.45, 7) is 0.790. The summed E-state index contributed by atoms with van der Waals surface area (Å²) in [6, 6.07) is 5.83. The van der Waals surface area contributed by atoms with Gasteiger partial charge in [0, 0.05) is 9.92 Å². The van der Waals surface area contributed by atoms with E-state index in [0.717, 1.165) is 17.4 Å². The molecule has 2 rings (SSSR count). The molecular weight excluding hydrogens is 180 g/mol. The number of benzene rings is 1. The Morgan fingerprint density at radius 1 is 1.45 bits per heavy atom. The lowest BCUT2D eigenvalue weighted by atomic mass is 10.3. The van der Waals surface area contributed by atoms with Crippen molar-refractivity contribution in [3.63, 3.8) is 0 Å². The zero-order valence-corrected chi connectivity index (χ0v) is 7.30. The molecule has 0 amide bonds. The van der Waals surface area contributed by atoms with Gasteiger partial charge in [0.05, 0.1) is 12.4 Å². The van der Waals surface area contributed by atoms with E-state index in [1.807, 2.05) is 18.2 Å². The van der Waals surface area contributed by atoms with Crippen LogP contribution in [0.3, 0.4) is 0 Å². The molecule has 0 unspecified atom stereocenters. The van der Waals surface area contributed by atoms with Crippen LogP contribution >= 0.6 is 23.5 Å². The van der Waals surface area contributed by atoms with Gasteiger partial charge in [-0.15, -0.1) is 0 Å². The van der Waals surface area contributed by atoms with E-state index in [9.17, 15) is 0 Å². The first kappa shape index (κ1) is 7.28. The largest absolute Gasteiger partial charge is 0.371 e. The maximum absolute atomic E-state index is 5.81. The predicted molar refractivity (Wildman–Crippen MR) is 48.9 cm³/mol. The van der Waals surface area contributed by atoms with Gasteiger partial charge in [0.1, 0.15) is 0 Å². The van der Waals surface area contributed by atoms with Gasteiger partial charge in [-0.1, -0.05) is 11.6 Å². The number of halogens is 1. The number of rotatable bonds is 0. The Morgan fingerprint density at radius 2 is 2.36 bits per heavy atom. The van der Waals surface area contributed by atoms with Gasteiger partial charge >= 0.3 is 0 Å². The molecule has 1 aliphatic rings. The second-order valence-corrected chi connectivity index (χ2v) is 3.61. The molecule has 0 bridgehead atoms. The number of hydrogen-bond acceptors (Lipinski definition) is 3. The van der Waals surface area contributed by atoms with Crippen molar-refractivity contribution in [1.82, 2.24) is 4.72 Å². The van der Waals surface area contributed by atoms with Crippen LogP contribution in [-0.4, -0.2) is 6.67 Å². The second kappa shape index (κ2) is 2.93. The third-order valence-corrected chi connectivity index (χ3v) is 2.57. The van der Waals surface area contributed by atoms with E-state index in [4.69, 9.17) is 11.6 Å². The van der Waals surface area contributed by atoms with E-state index in [2.05, 4.69) is 10.0 Å². The van der Waals surface area contributed by atoms with Gasteiger partial charge in [-0.05, 0) is 30.1 Å². The molecule has 58 valence electrons. The summed E-state index contributed by atoms with van der Waals surface area (Å²) in [5.74, 6) is 0. The molecule has 0 radical (unpaired) electrons. The van der Waals surface area contributed by atoms with Crippen molar-refractivity contribution in [2.24, 2.45) is 0 Å². The van der Waals surface area contributed by atoms with Crippen molar-refractivity contribution in [1.29, 1.82) is 0 Å². The molecule has 1 aliphatic heterocycles. The SMILES string of the molecule is Clc1ccc2c(c1)NCNS2. The standard InChI is InChI=1S/C7H7ClN2S/c8-5-1-2-7-6(3-5)9-4-10-11-7/h1-3,9-10H,4H2. The van der Waals surface area contributed by atoms with E-state index in [1.165, 1.54) is 4.90 Å². The van der Waals surface area contributed by atoms with Gasteiger partial charge in [-0.3, -0.25) is 0 Å². The Kier molecular flexibility index (Phi) is 1.94. The van der Waals surface area contributed by atoms with Crippen LogP contribution in [0.25, 0.3) is 0 Å². The predicted octanol–water partition coefficient (Wildman–Crippen LogP) is 2.32. The second-order valence-electron chi connectivity index (χ2n) is 2.24. The average molecular weight is 187 g/mol. The number of nitrogens with one attached hydrogen (secondary N) is 2. The minimum Gasteiger partial charge on any atom is -0.371 e. The lowest BCUT2D eigenvalue weighted by molar-refractivity contribution is 1.01. The molecule has 0 fully saturated rings. The molecule has 2 N–H and O–H groups in total. The number of fused-ring (bicyclic) bond motifs is 1. The highest BCUT2D eigenvalue weighted by atomic mass is 35.5. The van der Waals surface area contributed by atoms with E-state index >= 15 is 0 Å². The summed E-state index contributed by atoms with van der Waals surface area (Å²) in [7, 11) is 0. The summed E-state index contributed by atoms with van der Waals surface area (Å²) in [5, 5.41) is 3.96. The maximum atomic E-state index is 5.81. The van der Waals surface area contributed by atoms with Crippen LogP contribution in [0.4, 0.5) is 5.69 Å². The fraction of sp³-hybridized carbons (Fsp3) is 0.143. The van der Waals surface area contributed by atoms with Gasteiger partial charge in [-0.2, -0.15) is 0 Å². The Balaban J connectivity index is 2.43. The fourth-order valence-electron chi connectivity index (χ4n) is 0.974. The average Bonchev–Trinajstić information content (AvgIpc) is 2.04. The lowest BCUT2D eigenvalue weighted by Gasteiger charge is -2.17. The third kappa shape index (κ3) is 1.45. The van der Waals surface area contributed by atoms with Crippen LogP contribution in [0.5, 0.6) is 0 Å². The quantitative estimate of drug-likeness (QED) is 0.609. The Bertz CT molecular complexity index is 277. The summed E-state index contributed by atoms with van der Waals surface area (Å²) in [6.07, 6.45) is 0. The Labute approximate surface area is 74.5 Å². The van der Waals surface area contributed by atoms with Crippen molar-refractivity contribution < 1.29 is 0 Å². The van der Waals surface area contributed by atoms with Crippen molar-refractivity contribution >= 4 is 29.2 Å². The van der Waals surface area contributed by atoms with Crippen molar-refractivity contribution in [2.75, 3.05) is 12.0 Å². The lowest BCUT2D eigenvalue weighted by Crippen LogP contribution is -2.19. The fourth-order valence-corrected chi connectivity index (χ4v) is 1.82. The molecule has 0 aromatic heterocycles. The molecule has 11 heavy (non-hydrogen) atoms. The van der Waals surface area contributed by atoms with E-state index in [1.54, 1.807) is 11.9 Å². The first-order valence-electron chi connectivity index (χ1n) is 3.29. The van der Waals surface area contributed by atoms with E-state index in [0.29, 0.717) is 0 Å². The molecule has 1 heterocycles. The molecule has 0 saturated carbocycles. The molecule has 0 atom stereocenters. The smallest absolute Gasteiger partial charge is 0.0750 e. The molecule has 0 aliphatic carbocycles. The molecule has 1 aromatic rings. The highest BCUT2D eigenvalue weighted by Gasteiger charge is 2.07. The zero-order chi connectivity index (χ0) is 7.68. The molecule has 2 nitrogen and oxygen atoms in total. The highest BCUT2D eigenvalue weighted by molar-refractivity contribution is 7.97. The van der Waals surface area contributed by atoms with Crippen LogP contribution in [0, 0.1) is 0 Å². The number of anilines is 1. The van der Waals surface area contributed by atoms with Gasteiger partial charge in [-0.25, -0.2) is 4.72 Å². The minimum atomic E-state index is 0.777. The van der Waals surface area contributed by atoms with Crippen LogP contribution < -0.4 is 10.0 Å². The van der Waals surface area contributed by atoms with Gasteiger partial charge in [0.2, 0.25) is 0 Å². The highest BCUT2D eigenvalue weighted by Crippen LogP contribution is 2.30. The van der Waals surface area contributed by atoms with Crippen molar-refractivity contribution in [3.05, 3.63) is 23.2 Å². The summed E-state index contributed by atoms with van der Waals surface area (Å²) >= 11 is 7.43. The first-order chi connectivity index (χ1) is 5.36.